The van der Waals surface area contributed by atoms with Crippen LogP contribution >= 0.6 is 27.5 Å². The van der Waals surface area contributed by atoms with Gasteiger partial charge in [0.2, 0.25) is 0 Å². The van der Waals surface area contributed by atoms with Crippen molar-refractivity contribution in [3.8, 4) is 11.4 Å². The monoisotopic (exact) mass is 326 g/mol. The van der Waals surface area contributed by atoms with Gasteiger partial charge in [0.15, 0.2) is 0 Å². The maximum absolute atomic E-state index is 11.9. The fraction of sp³-hybridized carbons (Fsp3) is 0.231. The van der Waals surface area contributed by atoms with Crippen molar-refractivity contribution >= 4 is 27.5 Å². The van der Waals surface area contributed by atoms with E-state index in [1.54, 1.807) is 12.1 Å². The molecule has 18 heavy (non-hydrogen) atoms. The minimum absolute atomic E-state index is 0.0816. The SMILES string of the molecule is CCc1c(C)nc(-c2ccc(Cl)cc2Br)[nH]c1=O. The molecule has 0 spiro atoms. The van der Waals surface area contributed by atoms with Gasteiger partial charge in [0, 0.05) is 26.3 Å². The van der Waals surface area contributed by atoms with Gasteiger partial charge in [-0.2, -0.15) is 0 Å². The summed E-state index contributed by atoms with van der Waals surface area (Å²) in [7, 11) is 0. The summed E-state index contributed by atoms with van der Waals surface area (Å²) in [5.41, 5.74) is 2.23. The molecule has 1 N–H and O–H groups in total. The first-order valence-electron chi connectivity index (χ1n) is 5.58. The van der Waals surface area contributed by atoms with Crippen molar-refractivity contribution in [2.45, 2.75) is 20.3 Å². The number of H-pyrrole nitrogens is 1. The molecule has 2 rings (SSSR count). The van der Waals surface area contributed by atoms with Crippen LogP contribution in [0.5, 0.6) is 0 Å². The van der Waals surface area contributed by atoms with E-state index in [2.05, 4.69) is 25.9 Å². The fourth-order valence-corrected chi connectivity index (χ4v) is 2.71. The molecular formula is C13H12BrClN2O. The third-order valence-electron chi connectivity index (χ3n) is 2.76. The van der Waals surface area contributed by atoms with E-state index < -0.39 is 0 Å². The Morgan fingerprint density at radius 2 is 2.17 bits per heavy atom. The average molecular weight is 328 g/mol. The van der Waals surface area contributed by atoms with E-state index in [4.69, 9.17) is 11.6 Å². The van der Waals surface area contributed by atoms with Gasteiger partial charge in [-0.15, -0.1) is 0 Å². The number of benzene rings is 1. The molecule has 0 aliphatic carbocycles. The van der Waals surface area contributed by atoms with Gasteiger partial charge in [-0.1, -0.05) is 18.5 Å². The standard InChI is InChI=1S/C13H12BrClN2O/c1-3-9-7(2)16-12(17-13(9)18)10-5-4-8(15)6-11(10)14/h4-6H,3H2,1-2H3,(H,16,17,18). The van der Waals surface area contributed by atoms with Crippen molar-refractivity contribution in [1.82, 2.24) is 9.97 Å². The van der Waals surface area contributed by atoms with Crippen molar-refractivity contribution in [3.05, 3.63) is 49.3 Å². The van der Waals surface area contributed by atoms with E-state index in [-0.39, 0.29) is 5.56 Å². The van der Waals surface area contributed by atoms with Crippen molar-refractivity contribution in [1.29, 1.82) is 0 Å². The second-order valence-corrected chi connectivity index (χ2v) is 5.25. The summed E-state index contributed by atoms with van der Waals surface area (Å²) >= 11 is 9.31. The molecular weight excluding hydrogens is 316 g/mol. The minimum atomic E-state index is -0.0816. The van der Waals surface area contributed by atoms with Gasteiger partial charge in [-0.25, -0.2) is 4.98 Å². The average Bonchev–Trinajstić information content (AvgIpc) is 2.28. The summed E-state index contributed by atoms with van der Waals surface area (Å²) < 4.78 is 0.807. The topological polar surface area (TPSA) is 45.8 Å². The Kier molecular flexibility index (Phi) is 3.88. The quantitative estimate of drug-likeness (QED) is 0.913. The Bertz CT molecular complexity index is 652. The highest BCUT2D eigenvalue weighted by atomic mass is 79.9. The lowest BCUT2D eigenvalue weighted by Gasteiger charge is -2.07. The van der Waals surface area contributed by atoms with E-state index in [0.29, 0.717) is 17.3 Å². The van der Waals surface area contributed by atoms with Crippen LogP contribution in [0.4, 0.5) is 0 Å². The molecule has 0 saturated heterocycles. The van der Waals surface area contributed by atoms with Crippen molar-refractivity contribution < 1.29 is 0 Å². The Hall–Kier alpha value is -1.13. The van der Waals surface area contributed by atoms with Crippen LogP contribution < -0.4 is 5.56 Å². The number of rotatable bonds is 2. The second kappa shape index (κ2) is 5.24. The predicted molar refractivity (Wildman–Crippen MR) is 77.1 cm³/mol. The zero-order valence-corrected chi connectivity index (χ0v) is 12.4. The Labute approximate surface area is 118 Å². The number of halogens is 2. The molecule has 0 radical (unpaired) electrons. The van der Waals surface area contributed by atoms with Gasteiger partial charge < -0.3 is 4.98 Å². The summed E-state index contributed by atoms with van der Waals surface area (Å²) in [6.45, 7) is 3.79. The lowest BCUT2D eigenvalue weighted by atomic mass is 10.1. The van der Waals surface area contributed by atoms with Gasteiger partial charge in [-0.05, 0) is 47.5 Å². The predicted octanol–water partition coefficient (Wildman–Crippen LogP) is 3.72. The first-order chi connectivity index (χ1) is 8.52. The largest absolute Gasteiger partial charge is 0.306 e. The normalized spacial score (nSPS) is 10.7. The highest BCUT2D eigenvalue weighted by Crippen LogP contribution is 2.28. The molecule has 0 bridgehead atoms. The molecule has 1 aromatic carbocycles. The molecule has 0 aliphatic heterocycles. The number of hydrogen-bond donors (Lipinski definition) is 1. The second-order valence-electron chi connectivity index (χ2n) is 3.96. The highest BCUT2D eigenvalue weighted by Gasteiger charge is 2.10. The number of nitrogens with zero attached hydrogens (tertiary/aromatic N) is 1. The van der Waals surface area contributed by atoms with Crippen LogP contribution in [0, 0.1) is 6.92 Å². The summed E-state index contributed by atoms with van der Waals surface area (Å²) in [4.78, 5) is 19.1. The van der Waals surface area contributed by atoms with E-state index in [9.17, 15) is 4.79 Å². The molecule has 3 nitrogen and oxygen atoms in total. The summed E-state index contributed by atoms with van der Waals surface area (Å²) in [5.74, 6) is 0.554. The number of hydrogen-bond acceptors (Lipinski definition) is 2. The smallest absolute Gasteiger partial charge is 0.254 e. The van der Waals surface area contributed by atoms with Gasteiger partial charge in [-0.3, -0.25) is 4.79 Å². The lowest BCUT2D eigenvalue weighted by molar-refractivity contribution is 0.967. The van der Waals surface area contributed by atoms with Crippen LogP contribution in [0.1, 0.15) is 18.2 Å². The van der Waals surface area contributed by atoms with Crippen LogP contribution in [0.25, 0.3) is 11.4 Å². The molecule has 2 aromatic rings. The number of aromatic nitrogens is 2. The molecule has 1 aromatic heterocycles. The number of nitrogens with one attached hydrogen (secondary N) is 1. The molecule has 5 heteroatoms. The van der Waals surface area contributed by atoms with E-state index in [0.717, 1.165) is 21.3 Å². The molecule has 1 heterocycles. The van der Waals surface area contributed by atoms with Gasteiger partial charge in [0.1, 0.15) is 5.82 Å². The Balaban J connectivity index is 2.62. The first kappa shape index (κ1) is 13.3. The first-order valence-corrected chi connectivity index (χ1v) is 6.75. The van der Waals surface area contributed by atoms with Crippen LogP contribution in [0.15, 0.2) is 27.5 Å². The zero-order valence-electron chi connectivity index (χ0n) is 10.1. The third kappa shape index (κ3) is 2.49. The van der Waals surface area contributed by atoms with Crippen LogP contribution in [0.3, 0.4) is 0 Å². The van der Waals surface area contributed by atoms with Gasteiger partial charge >= 0.3 is 0 Å². The van der Waals surface area contributed by atoms with Crippen molar-refractivity contribution in [2.75, 3.05) is 0 Å². The number of aromatic amines is 1. The Morgan fingerprint density at radius 1 is 1.44 bits per heavy atom. The number of aryl methyl sites for hydroxylation is 1. The van der Waals surface area contributed by atoms with Crippen LogP contribution in [0.2, 0.25) is 5.02 Å². The maximum Gasteiger partial charge on any atom is 0.254 e. The van der Waals surface area contributed by atoms with Crippen molar-refractivity contribution in [2.24, 2.45) is 0 Å². The molecule has 94 valence electrons. The van der Waals surface area contributed by atoms with E-state index in [1.165, 1.54) is 0 Å². The molecule has 0 amide bonds. The fourth-order valence-electron chi connectivity index (χ4n) is 1.84. The highest BCUT2D eigenvalue weighted by molar-refractivity contribution is 9.10. The molecule has 0 unspecified atom stereocenters. The van der Waals surface area contributed by atoms with E-state index in [1.807, 2.05) is 19.9 Å². The molecule has 0 saturated carbocycles. The van der Waals surface area contributed by atoms with Crippen LogP contribution in [-0.2, 0) is 6.42 Å². The molecule has 0 fully saturated rings. The molecule has 0 atom stereocenters. The summed E-state index contributed by atoms with van der Waals surface area (Å²) in [6.07, 6.45) is 0.677. The van der Waals surface area contributed by atoms with Gasteiger partial charge in [0.05, 0.1) is 0 Å². The molecule has 0 aliphatic rings. The maximum atomic E-state index is 11.9. The zero-order chi connectivity index (χ0) is 13.3. The summed E-state index contributed by atoms with van der Waals surface area (Å²) in [5, 5.41) is 0.634. The Morgan fingerprint density at radius 3 is 2.72 bits per heavy atom. The third-order valence-corrected chi connectivity index (χ3v) is 3.65. The summed E-state index contributed by atoms with van der Waals surface area (Å²) in [6, 6.07) is 5.38. The lowest BCUT2D eigenvalue weighted by Crippen LogP contribution is -2.16. The van der Waals surface area contributed by atoms with E-state index >= 15 is 0 Å². The minimum Gasteiger partial charge on any atom is -0.306 e. The van der Waals surface area contributed by atoms with Crippen LogP contribution in [-0.4, -0.2) is 9.97 Å². The van der Waals surface area contributed by atoms with Gasteiger partial charge in [0.25, 0.3) is 5.56 Å². The van der Waals surface area contributed by atoms with Crippen molar-refractivity contribution in [3.63, 3.8) is 0 Å².